The molecular formula is C25H23N3O6S. The lowest BCUT2D eigenvalue weighted by atomic mass is 10.1. The van der Waals surface area contributed by atoms with E-state index in [0.29, 0.717) is 41.0 Å². The summed E-state index contributed by atoms with van der Waals surface area (Å²) in [5, 5.41) is 3.07. The predicted molar refractivity (Wildman–Crippen MR) is 130 cm³/mol. The highest BCUT2D eigenvalue weighted by atomic mass is 32.1. The van der Waals surface area contributed by atoms with Gasteiger partial charge in [-0.05, 0) is 19.1 Å². The van der Waals surface area contributed by atoms with Crippen molar-refractivity contribution in [3.63, 3.8) is 0 Å². The highest BCUT2D eigenvalue weighted by Gasteiger charge is 2.36. The molecule has 1 saturated heterocycles. The van der Waals surface area contributed by atoms with E-state index < -0.39 is 11.9 Å². The number of anilines is 2. The first-order valence-electron chi connectivity index (χ1n) is 11.3. The van der Waals surface area contributed by atoms with Crippen LogP contribution >= 0.6 is 11.3 Å². The van der Waals surface area contributed by atoms with Crippen molar-refractivity contribution in [3.8, 4) is 22.8 Å². The van der Waals surface area contributed by atoms with E-state index in [2.05, 4.69) is 10.3 Å². The maximum Gasteiger partial charge on any atom is 0.350 e. The molecule has 5 rings (SSSR count). The van der Waals surface area contributed by atoms with Crippen LogP contribution in [0.2, 0.25) is 0 Å². The first-order chi connectivity index (χ1) is 17.0. The van der Waals surface area contributed by atoms with E-state index in [-0.39, 0.29) is 36.5 Å². The van der Waals surface area contributed by atoms with Crippen molar-refractivity contribution >= 4 is 39.9 Å². The highest BCUT2D eigenvalue weighted by Crippen LogP contribution is 2.37. The normalized spacial score (nSPS) is 16.8. The fourth-order valence-electron chi connectivity index (χ4n) is 4.04. The Morgan fingerprint density at radius 1 is 1.14 bits per heavy atom. The average molecular weight is 494 g/mol. The Morgan fingerprint density at radius 3 is 2.69 bits per heavy atom. The molecule has 1 N–H and O–H groups in total. The summed E-state index contributed by atoms with van der Waals surface area (Å²) in [5.74, 6) is -0.329. The molecule has 2 aliphatic rings. The Kier molecular flexibility index (Phi) is 6.37. The topological polar surface area (TPSA) is 107 Å². The molecule has 35 heavy (non-hydrogen) atoms. The molecule has 3 heterocycles. The van der Waals surface area contributed by atoms with Gasteiger partial charge in [0.05, 0.1) is 18.2 Å². The van der Waals surface area contributed by atoms with Gasteiger partial charge in [-0.25, -0.2) is 9.78 Å². The molecule has 1 fully saturated rings. The molecule has 2 aromatic carbocycles. The Labute approximate surface area is 205 Å². The largest absolute Gasteiger partial charge is 0.486 e. The second kappa shape index (κ2) is 9.75. The number of benzene rings is 2. The van der Waals surface area contributed by atoms with Crippen molar-refractivity contribution in [2.75, 3.05) is 36.6 Å². The third kappa shape index (κ3) is 4.69. The standard InChI is InChI=1S/C25H23N3O6S/c1-2-32-24(31)22-21(15-6-4-3-5-7-15)26-25(35-22)27-23(30)16-12-20(29)28(14-16)17-8-9-18-19(13-17)34-11-10-33-18/h3-9,13,16H,2,10-12,14H2,1H3,(H,26,27,30). The Bertz CT molecular complexity index is 1280. The molecule has 10 heteroatoms. The molecule has 2 aliphatic heterocycles. The van der Waals surface area contributed by atoms with E-state index in [9.17, 15) is 14.4 Å². The maximum atomic E-state index is 13.0. The van der Waals surface area contributed by atoms with Gasteiger partial charge in [0.15, 0.2) is 16.6 Å². The average Bonchev–Trinajstić information content (AvgIpc) is 3.48. The SMILES string of the molecule is CCOC(=O)c1sc(NC(=O)C2CC(=O)N(c3ccc4c(c3)OCCO4)C2)nc1-c1ccccc1. The quantitative estimate of drug-likeness (QED) is 0.521. The number of ether oxygens (including phenoxy) is 3. The lowest BCUT2D eigenvalue weighted by molar-refractivity contribution is -0.122. The Hall–Kier alpha value is -3.92. The van der Waals surface area contributed by atoms with Gasteiger partial charge >= 0.3 is 5.97 Å². The van der Waals surface area contributed by atoms with Gasteiger partial charge in [0.1, 0.15) is 18.1 Å². The van der Waals surface area contributed by atoms with Gasteiger partial charge in [-0.3, -0.25) is 9.59 Å². The number of nitrogens with one attached hydrogen (secondary N) is 1. The molecule has 0 radical (unpaired) electrons. The molecule has 0 spiro atoms. The van der Waals surface area contributed by atoms with Crippen LogP contribution in [-0.2, 0) is 14.3 Å². The summed E-state index contributed by atoms with van der Waals surface area (Å²) in [6.45, 7) is 3.12. The number of rotatable bonds is 6. The van der Waals surface area contributed by atoms with Crippen LogP contribution in [0.4, 0.5) is 10.8 Å². The molecule has 3 aromatic rings. The van der Waals surface area contributed by atoms with E-state index in [0.717, 1.165) is 16.9 Å². The summed E-state index contributed by atoms with van der Waals surface area (Å²) in [6.07, 6.45) is 0.0714. The van der Waals surface area contributed by atoms with Crippen LogP contribution in [0.1, 0.15) is 23.0 Å². The number of fused-ring (bicyclic) bond motifs is 1. The van der Waals surface area contributed by atoms with Gasteiger partial charge in [-0.2, -0.15) is 0 Å². The van der Waals surface area contributed by atoms with Gasteiger partial charge in [-0.1, -0.05) is 41.7 Å². The van der Waals surface area contributed by atoms with E-state index >= 15 is 0 Å². The fraction of sp³-hybridized carbons (Fsp3) is 0.280. The first kappa shape index (κ1) is 22.9. The summed E-state index contributed by atoms with van der Waals surface area (Å²) in [7, 11) is 0. The number of carbonyl (C=O) groups is 3. The Balaban J connectivity index is 1.33. The molecule has 0 aliphatic carbocycles. The van der Waals surface area contributed by atoms with E-state index in [1.165, 1.54) is 0 Å². The van der Waals surface area contributed by atoms with Gasteiger partial charge < -0.3 is 24.4 Å². The van der Waals surface area contributed by atoms with Crippen LogP contribution in [0.15, 0.2) is 48.5 Å². The minimum Gasteiger partial charge on any atom is -0.486 e. The van der Waals surface area contributed by atoms with Crippen LogP contribution in [0, 0.1) is 5.92 Å². The van der Waals surface area contributed by atoms with Crippen molar-refractivity contribution in [3.05, 3.63) is 53.4 Å². The van der Waals surface area contributed by atoms with Crippen molar-refractivity contribution in [1.29, 1.82) is 0 Å². The summed E-state index contributed by atoms with van der Waals surface area (Å²) >= 11 is 1.06. The van der Waals surface area contributed by atoms with Crippen LogP contribution in [0.3, 0.4) is 0 Å². The van der Waals surface area contributed by atoms with Crippen molar-refractivity contribution in [2.45, 2.75) is 13.3 Å². The van der Waals surface area contributed by atoms with Crippen molar-refractivity contribution in [1.82, 2.24) is 4.98 Å². The van der Waals surface area contributed by atoms with Gasteiger partial charge in [-0.15, -0.1) is 0 Å². The second-order valence-corrected chi connectivity index (χ2v) is 9.00. The van der Waals surface area contributed by atoms with Crippen LogP contribution in [0.5, 0.6) is 11.5 Å². The van der Waals surface area contributed by atoms with Crippen LogP contribution in [-0.4, -0.2) is 49.1 Å². The zero-order chi connectivity index (χ0) is 24.4. The summed E-state index contributed by atoms with van der Waals surface area (Å²) < 4.78 is 16.3. The number of carbonyl (C=O) groups excluding carboxylic acids is 3. The zero-order valence-electron chi connectivity index (χ0n) is 19.0. The van der Waals surface area contributed by atoms with Gasteiger partial charge in [0.2, 0.25) is 11.8 Å². The molecule has 1 atom stereocenters. The summed E-state index contributed by atoms with van der Waals surface area (Å²) in [5.41, 5.74) is 1.85. The van der Waals surface area contributed by atoms with Crippen molar-refractivity contribution < 1.29 is 28.6 Å². The predicted octanol–water partition coefficient (Wildman–Crippen LogP) is 3.75. The minimum absolute atomic E-state index is 0.0714. The minimum atomic E-state index is -0.564. The molecule has 0 bridgehead atoms. The molecule has 9 nitrogen and oxygen atoms in total. The lowest BCUT2D eigenvalue weighted by Crippen LogP contribution is -2.28. The van der Waals surface area contributed by atoms with E-state index in [1.807, 2.05) is 30.3 Å². The van der Waals surface area contributed by atoms with Gasteiger partial charge in [0.25, 0.3) is 0 Å². The fourth-order valence-corrected chi connectivity index (χ4v) is 4.92. The van der Waals surface area contributed by atoms with Gasteiger partial charge in [0, 0.05) is 30.3 Å². The summed E-state index contributed by atoms with van der Waals surface area (Å²) in [4.78, 5) is 44.6. The number of thiazole rings is 1. The number of aromatic nitrogens is 1. The number of hydrogen-bond acceptors (Lipinski definition) is 8. The van der Waals surface area contributed by atoms with E-state index in [4.69, 9.17) is 14.2 Å². The lowest BCUT2D eigenvalue weighted by Gasteiger charge is -2.22. The monoisotopic (exact) mass is 493 g/mol. The maximum absolute atomic E-state index is 13.0. The highest BCUT2D eigenvalue weighted by molar-refractivity contribution is 7.18. The second-order valence-electron chi connectivity index (χ2n) is 8.01. The third-order valence-electron chi connectivity index (χ3n) is 5.70. The Morgan fingerprint density at radius 2 is 1.91 bits per heavy atom. The molecule has 180 valence electrons. The first-order valence-corrected chi connectivity index (χ1v) is 12.1. The molecule has 1 aromatic heterocycles. The number of esters is 1. The molecule has 0 saturated carbocycles. The molecule has 2 amide bonds. The van der Waals surface area contributed by atoms with Crippen LogP contribution < -0.4 is 19.7 Å². The number of nitrogens with zero attached hydrogens (tertiary/aromatic N) is 2. The molecular weight excluding hydrogens is 470 g/mol. The number of hydrogen-bond donors (Lipinski definition) is 1. The van der Waals surface area contributed by atoms with E-state index in [1.54, 1.807) is 30.0 Å². The zero-order valence-corrected chi connectivity index (χ0v) is 19.8. The summed E-state index contributed by atoms with van der Waals surface area (Å²) in [6, 6.07) is 14.5. The van der Waals surface area contributed by atoms with Crippen molar-refractivity contribution in [2.24, 2.45) is 5.92 Å². The number of amides is 2. The smallest absolute Gasteiger partial charge is 0.350 e. The van der Waals surface area contributed by atoms with Crippen LogP contribution in [0.25, 0.3) is 11.3 Å². The molecule has 1 unspecified atom stereocenters. The third-order valence-corrected chi connectivity index (χ3v) is 6.65.